The van der Waals surface area contributed by atoms with Gasteiger partial charge in [-0.1, -0.05) is 18.2 Å². The molecule has 0 bridgehead atoms. The minimum atomic E-state index is -0.557. The van der Waals surface area contributed by atoms with Gasteiger partial charge in [-0.15, -0.1) is 0 Å². The third kappa shape index (κ3) is 2.60. The largest absolute Gasteiger partial charge is 0.372 e. The van der Waals surface area contributed by atoms with Crippen LogP contribution in [0.15, 0.2) is 33.9 Å². The van der Waals surface area contributed by atoms with Crippen molar-refractivity contribution in [2.45, 2.75) is 19.5 Å². The van der Waals surface area contributed by atoms with Gasteiger partial charge in [0.05, 0.1) is 0 Å². The Hall–Kier alpha value is -3.01. The Morgan fingerprint density at radius 1 is 1.12 bits per heavy atom. The van der Waals surface area contributed by atoms with Gasteiger partial charge in [-0.25, -0.2) is 4.79 Å². The fourth-order valence-electron chi connectivity index (χ4n) is 3.50. The highest BCUT2D eigenvalue weighted by Crippen LogP contribution is 2.29. The van der Waals surface area contributed by atoms with Crippen LogP contribution in [0.4, 0.5) is 11.5 Å². The Labute approximate surface area is 145 Å². The first kappa shape index (κ1) is 16.8. The van der Waals surface area contributed by atoms with E-state index in [0.29, 0.717) is 18.9 Å². The van der Waals surface area contributed by atoms with E-state index in [2.05, 4.69) is 11.0 Å². The molecule has 25 heavy (non-hydrogen) atoms. The summed E-state index contributed by atoms with van der Waals surface area (Å²) in [5.74, 6) is 0.383. The fourth-order valence-corrected chi connectivity index (χ4v) is 3.50. The molecule has 7 nitrogen and oxygen atoms in total. The van der Waals surface area contributed by atoms with Gasteiger partial charge in [0.1, 0.15) is 11.9 Å². The molecule has 1 aromatic carbocycles. The topological polar surface area (TPSA) is 74.3 Å². The van der Waals surface area contributed by atoms with E-state index in [1.807, 2.05) is 43.1 Å². The maximum absolute atomic E-state index is 12.4. The van der Waals surface area contributed by atoms with E-state index < -0.39 is 11.2 Å². The number of nitrogens with zero attached hydrogens (tertiary/aromatic N) is 5. The summed E-state index contributed by atoms with van der Waals surface area (Å²) in [6.07, 6.45) is 0. The molecule has 0 saturated carbocycles. The van der Waals surface area contributed by atoms with Crippen molar-refractivity contribution in [3.05, 3.63) is 56.2 Å². The lowest BCUT2D eigenvalue weighted by molar-refractivity contribution is 0.595. The van der Waals surface area contributed by atoms with Crippen LogP contribution in [0.25, 0.3) is 0 Å². The molecule has 0 amide bonds. The van der Waals surface area contributed by atoms with Crippen LogP contribution in [0, 0.1) is 11.3 Å². The van der Waals surface area contributed by atoms with Crippen LogP contribution in [0.3, 0.4) is 0 Å². The molecule has 0 saturated heterocycles. The molecule has 0 fully saturated rings. The van der Waals surface area contributed by atoms with Crippen molar-refractivity contribution in [1.82, 2.24) is 9.13 Å². The van der Waals surface area contributed by atoms with Gasteiger partial charge in [-0.2, -0.15) is 5.26 Å². The molecule has 2 aromatic rings. The fraction of sp³-hybridized carbons (Fsp3) is 0.389. The average molecular weight is 339 g/mol. The van der Waals surface area contributed by atoms with Gasteiger partial charge < -0.3 is 9.80 Å². The molecule has 0 spiro atoms. The molecular formula is C18H21N5O2. The van der Waals surface area contributed by atoms with E-state index in [-0.39, 0.29) is 11.6 Å². The quantitative estimate of drug-likeness (QED) is 0.768. The Kier molecular flexibility index (Phi) is 4.13. The molecule has 1 aliphatic heterocycles. The summed E-state index contributed by atoms with van der Waals surface area (Å²) in [6.45, 7) is 3.27. The third-order valence-electron chi connectivity index (χ3n) is 4.83. The zero-order chi connectivity index (χ0) is 18.3. The monoisotopic (exact) mass is 339 g/mol. The second-order valence-corrected chi connectivity index (χ2v) is 6.50. The second kappa shape index (κ2) is 6.13. The average Bonchev–Trinajstić information content (AvgIpc) is 2.72. The van der Waals surface area contributed by atoms with Gasteiger partial charge in [-0.3, -0.25) is 13.9 Å². The number of anilines is 2. The van der Waals surface area contributed by atoms with Crippen molar-refractivity contribution < 1.29 is 0 Å². The van der Waals surface area contributed by atoms with E-state index >= 15 is 0 Å². The van der Waals surface area contributed by atoms with Crippen molar-refractivity contribution in [1.29, 1.82) is 5.26 Å². The molecule has 7 heteroatoms. The van der Waals surface area contributed by atoms with Crippen LogP contribution in [0.2, 0.25) is 0 Å². The van der Waals surface area contributed by atoms with Crippen molar-refractivity contribution in [3.8, 4) is 6.07 Å². The van der Waals surface area contributed by atoms with Gasteiger partial charge in [0.2, 0.25) is 0 Å². The number of hydrogen-bond acceptors (Lipinski definition) is 5. The Balaban J connectivity index is 2.25. The standard InChI is InChI=1S/C18H21N5O2/c1-12-10-20(2)15-8-6-5-7-13(15)11-23(12)16-14(9-19)17(24)22(4)18(25)21(16)3/h5-8,12H,10-11H2,1-4H3. The molecule has 1 atom stereocenters. The van der Waals surface area contributed by atoms with Crippen molar-refractivity contribution in [2.24, 2.45) is 14.1 Å². The maximum Gasteiger partial charge on any atom is 0.332 e. The number of hydrogen-bond donors (Lipinski definition) is 0. The van der Waals surface area contributed by atoms with E-state index in [1.54, 1.807) is 7.05 Å². The number of aromatic nitrogens is 2. The molecule has 0 radical (unpaired) electrons. The molecule has 0 N–H and O–H groups in total. The number of nitriles is 1. The van der Waals surface area contributed by atoms with Crippen LogP contribution in [0.5, 0.6) is 0 Å². The highest BCUT2D eigenvalue weighted by Gasteiger charge is 2.28. The van der Waals surface area contributed by atoms with Gasteiger partial charge in [0.15, 0.2) is 5.56 Å². The predicted octanol–water partition coefficient (Wildman–Crippen LogP) is 0.801. The van der Waals surface area contributed by atoms with E-state index in [0.717, 1.165) is 15.8 Å². The first-order valence-electron chi connectivity index (χ1n) is 8.12. The van der Waals surface area contributed by atoms with E-state index in [4.69, 9.17) is 0 Å². The highest BCUT2D eigenvalue weighted by molar-refractivity contribution is 5.60. The minimum Gasteiger partial charge on any atom is -0.372 e. The number of rotatable bonds is 1. The number of likely N-dealkylation sites (N-methyl/N-ethyl adjacent to an activating group) is 1. The zero-order valence-electron chi connectivity index (χ0n) is 14.9. The van der Waals surface area contributed by atoms with Crippen molar-refractivity contribution >= 4 is 11.5 Å². The summed E-state index contributed by atoms with van der Waals surface area (Å²) in [5.41, 5.74) is 1.21. The molecule has 1 aliphatic rings. The van der Waals surface area contributed by atoms with Gasteiger partial charge in [-0.05, 0) is 18.6 Å². The Morgan fingerprint density at radius 3 is 2.48 bits per heavy atom. The van der Waals surface area contributed by atoms with E-state index in [9.17, 15) is 14.9 Å². The highest BCUT2D eigenvalue weighted by atomic mass is 16.2. The smallest absolute Gasteiger partial charge is 0.332 e. The number of fused-ring (bicyclic) bond motifs is 1. The lowest BCUT2D eigenvalue weighted by Crippen LogP contribution is -2.46. The van der Waals surface area contributed by atoms with E-state index in [1.165, 1.54) is 11.6 Å². The van der Waals surface area contributed by atoms with Gasteiger partial charge >= 0.3 is 5.69 Å². The zero-order valence-corrected chi connectivity index (χ0v) is 14.9. The second-order valence-electron chi connectivity index (χ2n) is 6.50. The first-order valence-corrected chi connectivity index (χ1v) is 8.12. The van der Waals surface area contributed by atoms with Gasteiger partial charge in [0.25, 0.3) is 5.56 Å². The predicted molar refractivity (Wildman–Crippen MR) is 97.0 cm³/mol. The molecule has 130 valence electrons. The Morgan fingerprint density at radius 2 is 1.80 bits per heavy atom. The lowest BCUT2D eigenvalue weighted by Gasteiger charge is -2.32. The molecular weight excluding hydrogens is 318 g/mol. The molecule has 3 rings (SSSR count). The minimum absolute atomic E-state index is 0.00140. The van der Waals surface area contributed by atoms with Crippen LogP contribution in [-0.2, 0) is 20.6 Å². The molecule has 1 unspecified atom stereocenters. The number of para-hydroxylation sites is 1. The summed E-state index contributed by atoms with van der Waals surface area (Å²) >= 11 is 0. The summed E-state index contributed by atoms with van der Waals surface area (Å²) < 4.78 is 2.37. The summed E-state index contributed by atoms with van der Waals surface area (Å²) in [4.78, 5) is 29.0. The summed E-state index contributed by atoms with van der Waals surface area (Å²) in [7, 11) is 5.02. The van der Waals surface area contributed by atoms with Crippen LogP contribution in [0.1, 0.15) is 18.1 Å². The van der Waals surface area contributed by atoms with Crippen LogP contribution in [-0.4, -0.2) is 28.8 Å². The maximum atomic E-state index is 12.4. The summed E-state index contributed by atoms with van der Waals surface area (Å²) in [5, 5.41) is 9.56. The summed E-state index contributed by atoms with van der Waals surface area (Å²) in [6, 6.07) is 10.1. The third-order valence-corrected chi connectivity index (χ3v) is 4.83. The molecule has 2 heterocycles. The molecule has 1 aromatic heterocycles. The van der Waals surface area contributed by atoms with Crippen LogP contribution < -0.4 is 21.0 Å². The van der Waals surface area contributed by atoms with Crippen molar-refractivity contribution in [3.63, 3.8) is 0 Å². The number of benzene rings is 1. The normalized spacial score (nSPS) is 17.0. The Bertz CT molecular complexity index is 982. The van der Waals surface area contributed by atoms with Gasteiger partial charge in [0, 0.05) is 46.0 Å². The SMILES string of the molecule is CC1CN(C)c2ccccc2CN1c1c(C#N)c(=O)n(C)c(=O)n1C. The lowest BCUT2D eigenvalue weighted by atomic mass is 10.1. The van der Waals surface area contributed by atoms with Crippen LogP contribution >= 0.6 is 0 Å². The first-order chi connectivity index (χ1) is 11.9. The molecule has 0 aliphatic carbocycles. The van der Waals surface area contributed by atoms with Crippen molar-refractivity contribution in [2.75, 3.05) is 23.4 Å².